The van der Waals surface area contributed by atoms with E-state index in [1.54, 1.807) is 36.4 Å². The highest BCUT2D eigenvalue weighted by Gasteiger charge is 2.07. The molecule has 0 bridgehead atoms. The quantitative estimate of drug-likeness (QED) is 0.290. The molecule has 7 nitrogen and oxygen atoms in total. The van der Waals surface area contributed by atoms with E-state index in [4.69, 9.17) is 20.4 Å². The fraction of sp³-hybridized carbons (Fsp3) is 0.0909. The van der Waals surface area contributed by atoms with Gasteiger partial charge in [-0.2, -0.15) is 0 Å². The van der Waals surface area contributed by atoms with Crippen LogP contribution in [0.5, 0.6) is 11.5 Å². The Balaban J connectivity index is 1.52. The zero-order chi connectivity index (χ0) is 20.5. The molecule has 146 valence electrons. The normalized spacial score (nSPS) is 10.1. The molecule has 0 aliphatic rings. The zero-order valence-electron chi connectivity index (χ0n) is 15.6. The third-order valence-corrected chi connectivity index (χ3v) is 3.99. The Morgan fingerprint density at radius 1 is 0.862 bits per heavy atom. The molecule has 0 heterocycles. The van der Waals surface area contributed by atoms with Gasteiger partial charge in [-0.15, -0.1) is 5.11 Å². The van der Waals surface area contributed by atoms with Gasteiger partial charge < -0.3 is 14.8 Å². The van der Waals surface area contributed by atoms with E-state index in [-0.39, 0.29) is 18.3 Å². The van der Waals surface area contributed by atoms with Crippen LogP contribution in [0.4, 0.5) is 5.69 Å². The van der Waals surface area contributed by atoms with Crippen molar-refractivity contribution in [3.8, 4) is 11.5 Å². The molecular weight excluding hydrogens is 368 g/mol. The van der Waals surface area contributed by atoms with E-state index >= 15 is 0 Å². The van der Waals surface area contributed by atoms with Gasteiger partial charge in [0.2, 0.25) is 0 Å². The number of amides is 1. The Labute approximate surface area is 168 Å². The number of hydrogen-bond acceptors (Lipinski definition) is 5. The van der Waals surface area contributed by atoms with Crippen molar-refractivity contribution in [2.75, 3.05) is 11.9 Å². The first-order valence-corrected chi connectivity index (χ1v) is 8.90. The van der Waals surface area contributed by atoms with Crippen LogP contribution >= 0.6 is 0 Å². The van der Waals surface area contributed by atoms with Gasteiger partial charge in [-0.1, -0.05) is 30.3 Å². The third kappa shape index (κ3) is 6.00. The number of ether oxygens (including phenoxy) is 2. The van der Waals surface area contributed by atoms with E-state index in [9.17, 15) is 4.79 Å². The van der Waals surface area contributed by atoms with E-state index in [1.165, 1.54) is 0 Å². The van der Waals surface area contributed by atoms with Crippen LogP contribution in [0.25, 0.3) is 0 Å². The van der Waals surface area contributed by atoms with E-state index in [1.807, 2.05) is 42.5 Å². The summed E-state index contributed by atoms with van der Waals surface area (Å²) in [7, 11) is 0. The largest absolute Gasteiger partial charge is 0.489 e. The number of nitrogens with one attached hydrogen (secondary N) is 3. The van der Waals surface area contributed by atoms with Crippen molar-refractivity contribution in [3.63, 3.8) is 0 Å². The van der Waals surface area contributed by atoms with Crippen molar-refractivity contribution in [1.29, 1.82) is 10.9 Å². The van der Waals surface area contributed by atoms with Gasteiger partial charge in [-0.05, 0) is 54.1 Å². The molecule has 0 fully saturated rings. The second-order valence-electron chi connectivity index (χ2n) is 6.12. The molecule has 0 unspecified atom stereocenters. The summed E-state index contributed by atoms with van der Waals surface area (Å²) in [6, 6.07) is 23.6. The monoisotopic (exact) mass is 388 g/mol. The van der Waals surface area contributed by atoms with Gasteiger partial charge in [0, 0.05) is 11.3 Å². The molecule has 0 saturated heterocycles. The van der Waals surface area contributed by atoms with Crippen molar-refractivity contribution in [2.24, 2.45) is 5.11 Å². The van der Waals surface area contributed by atoms with Gasteiger partial charge in [0.25, 0.3) is 5.91 Å². The van der Waals surface area contributed by atoms with E-state index in [2.05, 4.69) is 10.4 Å². The lowest BCUT2D eigenvalue weighted by Gasteiger charge is -2.09. The van der Waals surface area contributed by atoms with E-state index < -0.39 is 0 Å². The summed E-state index contributed by atoms with van der Waals surface area (Å²) in [6.45, 7) is 0.393. The SMILES string of the molecule is N=NC(=N)COc1ccc(C(=O)Nc2ccc(OCc3ccccc3)cc2)cc1. The van der Waals surface area contributed by atoms with Crippen molar-refractivity contribution in [2.45, 2.75) is 6.61 Å². The van der Waals surface area contributed by atoms with Crippen LogP contribution in [-0.2, 0) is 6.61 Å². The molecule has 3 N–H and O–H groups in total. The molecule has 0 aliphatic heterocycles. The first kappa shape index (κ1) is 19.8. The van der Waals surface area contributed by atoms with Crippen molar-refractivity contribution in [1.82, 2.24) is 0 Å². The molecule has 0 radical (unpaired) electrons. The van der Waals surface area contributed by atoms with Gasteiger partial charge in [0.1, 0.15) is 24.7 Å². The lowest BCUT2D eigenvalue weighted by molar-refractivity contribution is 0.102. The van der Waals surface area contributed by atoms with Crippen LogP contribution in [-0.4, -0.2) is 18.3 Å². The second kappa shape index (κ2) is 9.80. The Kier molecular flexibility index (Phi) is 6.67. The highest BCUT2D eigenvalue weighted by Crippen LogP contribution is 2.19. The number of nitrogens with zero attached hydrogens (tertiary/aromatic N) is 1. The molecule has 0 spiro atoms. The molecule has 3 aromatic rings. The molecule has 3 aromatic carbocycles. The summed E-state index contributed by atoms with van der Waals surface area (Å²) in [6.07, 6.45) is 0. The summed E-state index contributed by atoms with van der Waals surface area (Å²) < 4.78 is 11.0. The fourth-order valence-electron chi connectivity index (χ4n) is 2.47. The number of carbonyl (C=O) groups is 1. The summed E-state index contributed by atoms with van der Waals surface area (Å²) in [4.78, 5) is 12.4. The maximum atomic E-state index is 12.4. The van der Waals surface area contributed by atoms with Crippen molar-refractivity contribution in [3.05, 3.63) is 90.0 Å². The van der Waals surface area contributed by atoms with Gasteiger partial charge in [0.15, 0.2) is 5.84 Å². The number of rotatable bonds is 8. The summed E-state index contributed by atoms with van der Waals surface area (Å²) in [5.41, 5.74) is 8.93. The van der Waals surface area contributed by atoms with Crippen LogP contribution in [0.3, 0.4) is 0 Å². The zero-order valence-corrected chi connectivity index (χ0v) is 15.6. The molecule has 0 atom stereocenters. The first-order valence-electron chi connectivity index (χ1n) is 8.90. The van der Waals surface area contributed by atoms with E-state index in [0.717, 1.165) is 11.3 Å². The first-order chi connectivity index (χ1) is 14.1. The predicted octanol–water partition coefficient (Wildman–Crippen LogP) is 4.90. The minimum Gasteiger partial charge on any atom is -0.489 e. The minimum absolute atomic E-state index is 0.0895. The number of benzene rings is 3. The highest BCUT2D eigenvalue weighted by molar-refractivity contribution is 6.04. The molecular formula is C22H20N4O3. The van der Waals surface area contributed by atoms with E-state index in [0.29, 0.717) is 23.6 Å². The highest BCUT2D eigenvalue weighted by atomic mass is 16.5. The molecule has 0 aromatic heterocycles. The lowest BCUT2D eigenvalue weighted by Crippen LogP contribution is -2.12. The molecule has 3 rings (SSSR count). The second-order valence-corrected chi connectivity index (χ2v) is 6.12. The number of anilines is 1. The van der Waals surface area contributed by atoms with Gasteiger partial charge in [0.05, 0.1) is 0 Å². The molecule has 7 heteroatoms. The number of amidine groups is 1. The Morgan fingerprint density at radius 3 is 2.14 bits per heavy atom. The average Bonchev–Trinajstić information content (AvgIpc) is 2.78. The Hall–Kier alpha value is -4.00. The van der Waals surface area contributed by atoms with Crippen molar-refractivity contribution < 1.29 is 14.3 Å². The summed E-state index contributed by atoms with van der Waals surface area (Å²) >= 11 is 0. The number of hydrogen-bond donors (Lipinski definition) is 3. The van der Waals surface area contributed by atoms with Crippen LogP contribution in [0.15, 0.2) is 84.0 Å². The summed E-state index contributed by atoms with van der Waals surface area (Å²) in [5.74, 6) is 0.791. The maximum absolute atomic E-state index is 12.4. The van der Waals surface area contributed by atoms with Gasteiger partial charge in [-0.25, -0.2) is 5.53 Å². The summed E-state index contributed by atoms with van der Waals surface area (Å²) in [5, 5.41) is 13.0. The van der Waals surface area contributed by atoms with Gasteiger partial charge >= 0.3 is 0 Å². The Morgan fingerprint density at radius 2 is 1.48 bits per heavy atom. The van der Waals surface area contributed by atoms with Gasteiger partial charge in [-0.3, -0.25) is 10.2 Å². The minimum atomic E-state index is -0.247. The lowest BCUT2D eigenvalue weighted by atomic mass is 10.2. The average molecular weight is 388 g/mol. The van der Waals surface area contributed by atoms with Crippen LogP contribution in [0.2, 0.25) is 0 Å². The smallest absolute Gasteiger partial charge is 0.255 e. The maximum Gasteiger partial charge on any atom is 0.255 e. The van der Waals surface area contributed by atoms with Crippen molar-refractivity contribution >= 4 is 17.4 Å². The van der Waals surface area contributed by atoms with Crippen LogP contribution in [0, 0.1) is 10.9 Å². The standard InChI is InChI=1S/C22H20N4O3/c23-21(26-24)15-29-19-10-6-17(7-11-19)22(27)25-18-8-12-20(13-9-18)28-14-16-4-2-1-3-5-16/h1-13,23-24H,14-15H2,(H,25,27). The van der Waals surface area contributed by atoms with Crippen LogP contribution < -0.4 is 14.8 Å². The molecule has 0 saturated carbocycles. The fourth-order valence-corrected chi connectivity index (χ4v) is 2.47. The Bertz CT molecular complexity index is 971. The van der Waals surface area contributed by atoms with Crippen LogP contribution in [0.1, 0.15) is 15.9 Å². The predicted molar refractivity (Wildman–Crippen MR) is 110 cm³/mol. The number of carbonyl (C=O) groups excluding carboxylic acids is 1. The third-order valence-electron chi connectivity index (χ3n) is 3.99. The molecule has 1 amide bonds. The molecule has 29 heavy (non-hydrogen) atoms. The topological polar surface area (TPSA) is 108 Å². The molecule has 0 aliphatic carbocycles.